The third kappa shape index (κ3) is 8.66. The van der Waals surface area contributed by atoms with Crippen molar-refractivity contribution < 1.29 is 10.6 Å². The molecule has 0 spiro atoms. The van der Waals surface area contributed by atoms with Crippen molar-refractivity contribution in [3.8, 4) is 0 Å². The Bertz CT molecular complexity index is 1020. The summed E-state index contributed by atoms with van der Waals surface area (Å²) >= 11 is 0. The second-order valence-corrected chi connectivity index (χ2v) is 8.61. The summed E-state index contributed by atoms with van der Waals surface area (Å²) in [5, 5.41) is 8.80. The maximum Gasteiger partial charge on any atom is 0.177 e. The lowest BCUT2D eigenvalue weighted by Gasteiger charge is -2.15. The molecule has 4 rings (SSSR count). The van der Waals surface area contributed by atoms with Crippen molar-refractivity contribution in [2.45, 2.75) is 39.3 Å². The Hall–Kier alpha value is -2.92. The van der Waals surface area contributed by atoms with Gasteiger partial charge in [-0.25, -0.2) is 19.9 Å². The molecule has 0 aliphatic carbocycles. The average molecular weight is 485 g/mol. The molecule has 4 aromatic rings. The van der Waals surface area contributed by atoms with Crippen molar-refractivity contribution >= 4 is 22.3 Å². The maximum absolute atomic E-state index is 8.80. The normalized spacial score (nSPS) is 11.1. The van der Waals surface area contributed by atoms with Gasteiger partial charge < -0.3 is 29.5 Å². The number of hydrogen-bond acceptors (Lipinski definition) is 7. The van der Waals surface area contributed by atoms with Crippen molar-refractivity contribution in [2.24, 2.45) is 0 Å². The smallest absolute Gasteiger partial charge is 0.177 e. The first-order chi connectivity index (χ1) is 16.6. The van der Waals surface area contributed by atoms with Crippen molar-refractivity contribution in [2.75, 3.05) is 46.9 Å². The van der Waals surface area contributed by atoms with Gasteiger partial charge in [-0.1, -0.05) is 6.92 Å². The largest absolute Gasteiger partial charge is 0.412 e. The summed E-state index contributed by atoms with van der Waals surface area (Å²) in [5.74, 6) is 0. The van der Waals surface area contributed by atoms with Crippen LogP contribution in [0, 0.1) is 0 Å². The van der Waals surface area contributed by atoms with E-state index in [1.807, 2.05) is 37.9 Å². The van der Waals surface area contributed by atoms with Crippen molar-refractivity contribution in [1.82, 2.24) is 38.9 Å². The van der Waals surface area contributed by atoms with Crippen molar-refractivity contribution in [3.05, 3.63) is 49.3 Å². The molecule has 35 heavy (non-hydrogen) atoms. The third-order valence-electron chi connectivity index (χ3n) is 5.75. The highest BCUT2D eigenvalue weighted by molar-refractivity contribution is 5.70. The van der Waals surface area contributed by atoms with Crippen LogP contribution < -0.4 is 0 Å². The van der Waals surface area contributed by atoms with E-state index in [9.17, 15) is 0 Å². The van der Waals surface area contributed by atoms with Gasteiger partial charge in [0, 0.05) is 32.0 Å². The molecule has 4 aromatic heterocycles. The highest BCUT2D eigenvalue weighted by Gasteiger charge is 2.04. The SMILES string of the molecule is CCCN(C)CCCn1cnc2ncccc21.CN(CCO)CCCn1cnc2ncccc21.O. The summed E-state index contributed by atoms with van der Waals surface area (Å²) in [6.07, 6.45) is 10.7. The van der Waals surface area contributed by atoms with E-state index in [0.29, 0.717) is 0 Å². The highest BCUT2D eigenvalue weighted by Crippen LogP contribution is 2.10. The number of aromatic nitrogens is 6. The fourth-order valence-electron chi connectivity index (χ4n) is 3.95. The molecule has 0 aliphatic heterocycles. The number of aliphatic hydroxyl groups is 1. The van der Waals surface area contributed by atoms with Gasteiger partial charge in [0.05, 0.1) is 30.3 Å². The number of rotatable bonds is 12. The molecule has 4 heterocycles. The minimum Gasteiger partial charge on any atom is -0.412 e. The van der Waals surface area contributed by atoms with Gasteiger partial charge in [0.25, 0.3) is 0 Å². The molecular weight excluding hydrogens is 444 g/mol. The van der Waals surface area contributed by atoms with Gasteiger partial charge >= 0.3 is 0 Å². The van der Waals surface area contributed by atoms with Crippen LogP contribution in [0.5, 0.6) is 0 Å². The zero-order chi connectivity index (χ0) is 24.2. The predicted octanol–water partition coefficient (Wildman–Crippen LogP) is 2.08. The number of fused-ring (bicyclic) bond motifs is 2. The molecule has 0 atom stereocenters. The van der Waals surface area contributed by atoms with Gasteiger partial charge in [-0.2, -0.15) is 0 Å². The summed E-state index contributed by atoms with van der Waals surface area (Å²) in [7, 11) is 4.20. The second kappa shape index (κ2) is 15.2. The van der Waals surface area contributed by atoms with Crippen LogP contribution in [0.4, 0.5) is 0 Å². The van der Waals surface area contributed by atoms with E-state index in [1.54, 1.807) is 12.4 Å². The minimum atomic E-state index is 0. The Labute approximate surface area is 207 Å². The zero-order valence-corrected chi connectivity index (χ0v) is 21.2. The number of likely N-dealkylation sites (N-methyl/N-ethyl adjacent to an activating group) is 1. The second-order valence-electron chi connectivity index (χ2n) is 8.61. The monoisotopic (exact) mass is 484 g/mol. The first kappa shape index (κ1) is 28.3. The van der Waals surface area contributed by atoms with E-state index in [2.05, 4.69) is 58.9 Å². The fraction of sp³-hybridized carbons (Fsp3) is 0.520. The summed E-state index contributed by atoms with van der Waals surface area (Å²) in [6, 6.07) is 8.00. The Morgan fingerprint density at radius 3 is 1.69 bits per heavy atom. The lowest BCUT2D eigenvalue weighted by atomic mass is 10.3. The molecule has 0 unspecified atom stereocenters. The van der Waals surface area contributed by atoms with E-state index in [4.69, 9.17) is 5.11 Å². The number of aryl methyl sites for hydroxylation is 2. The van der Waals surface area contributed by atoms with Gasteiger partial charge in [-0.3, -0.25) is 0 Å². The van der Waals surface area contributed by atoms with E-state index in [0.717, 1.165) is 67.9 Å². The van der Waals surface area contributed by atoms with Crippen molar-refractivity contribution in [1.29, 1.82) is 0 Å². The van der Waals surface area contributed by atoms with Crippen LogP contribution in [-0.4, -0.2) is 96.3 Å². The molecule has 192 valence electrons. The zero-order valence-electron chi connectivity index (χ0n) is 21.2. The molecule has 0 amide bonds. The molecule has 3 N–H and O–H groups in total. The third-order valence-corrected chi connectivity index (χ3v) is 5.75. The van der Waals surface area contributed by atoms with Gasteiger partial charge in [0.2, 0.25) is 0 Å². The first-order valence-corrected chi connectivity index (χ1v) is 12.1. The topological polar surface area (TPSA) is 120 Å². The summed E-state index contributed by atoms with van der Waals surface area (Å²) in [6.45, 7) is 8.38. The number of imidazole rings is 2. The Morgan fingerprint density at radius 1 is 0.743 bits per heavy atom. The molecule has 0 aromatic carbocycles. The van der Waals surface area contributed by atoms with Crippen LogP contribution in [0.15, 0.2) is 49.3 Å². The molecular formula is C25H40N8O2. The summed E-state index contributed by atoms with van der Waals surface area (Å²) < 4.78 is 4.30. The van der Waals surface area contributed by atoms with Crippen LogP contribution in [0.2, 0.25) is 0 Å². The van der Waals surface area contributed by atoms with Gasteiger partial charge in [0.15, 0.2) is 11.3 Å². The van der Waals surface area contributed by atoms with Gasteiger partial charge in [-0.15, -0.1) is 0 Å². The molecule has 10 heteroatoms. The number of pyridine rings is 2. The summed E-state index contributed by atoms with van der Waals surface area (Å²) in [4.78, 5) is 21.5. The van der Waals surface area contributed by atoms with E-state index >= 15 is 0 Å². The van der Waals surface area contributed by atoms with E-state index in [-0.39, 0.29) is 12.1 Å². The fourth-order valence-corrected chi connectivity index (χ4v) is 3.95. The predicted molar refractivity (Wildman–Crippen MR) is 140 cm³/mol. The molecule has 0 aliphatic rings. The molecule has 0 radical (unpaired) electrons. The Morgan fingerprint density at radius 2 is 1.23 bits per heavy atom. The number of nitrogens with zero attached hydrogens (tertiary/aromatic N) is 8. The Kier molecular flexibility index (Phi) is 12.3. The van der Waals surface area contributed by atoms with Crippen LogP contribution in [0.25, 0.3) is 22.3 Å². The molecule has 0 saturated carbocycles. The molecule has 0 saturated heterocycles. The van der Waals surface area contributed by atoms with Crippen molar-refractivity contribution in [3.63, 3.8) is 0 Å². The lowest BCUT2D eigenvalue weighted by molar-refractivity contribution is 0.218. The Balaban J connectivity index is 0.000000240. The maximum atomic E-state index is 8.80. The van der Waals surface area contributed by atoms with E-state index < -0.39 is 0 Å². The van der Waals surface area contributed by atoms with Gasteiger partial charge in [-0.05, 0) is 77.3 Å². The first-order valence-electron chi connectivity index (χ1n) is 12.1. The lowest BCUT2D eigenvalue weighted by Crippen LogP contribution is -2.24. The quantitative estimate of drug-likeness (QED) is 0.327. The highest BCUT2D eigenvalue weighted by atomic mass is 16.3. The van der Waals surface area contributed by atoms with Crippen LogP contribution >= 0.6 is 0 Å². The number of aliphatic hydroxyl groups excluding tert-OH is 1. The van der Waals surface area contributed by atoms with E-state index in [1.165, 1.54) is 13.0 Å². The minimum absolute atomic E-state index is 0. The van der Waals surface area contributed by atoms with Crippen LogP contribution in [-0.2, 0) is 13.1 Å². The number of hydrogen-bond donors (Lipinski definition) is 1. The molecule has 0 bridgehead atoms. The standard InChI is InChI=1S/C13H20N4.C12H18N4O.H2O/c1-3-8-16(2)9-5-10-17-11-15-13-12(17)6-4-7-14-13;1-15(8-9-17)6-3-7-16-10-14-12-11(16)4-2-5-13-12;/h4,6-7,11H,3,5,8-10H2,1-2H3;2,4-5,10,17H,3,6-9H2,1H3;1H2. The van der Waals surface area contributed by atoms with Crippen LogP contribution in [0.3, 0.4) is 0 Å². The van der Waals surface area contributed by atoms with Crippen LogP contribution in [0.1, 0.15) is 26.2 Å². The summed E-state index contributed by atoms with van der Waals surface area (Å²) in [5.41, 5.74) is 3.86. The van der Waals surface area contributed by atoms with Gasteiger partial charge in [0.1, 0.15) is 0 Å². The molecule has 0 fully saturated rings. The molecule has 10 nitrogen and oxygen atoms in total. The average Bonchev–Trinajstić information content (AvgIpc) is 3.45.